The second-order valence-electron chi connectivity index (χ2n) is 5.60. The molecule has 0 radical (unpaired) electrons. The SMILES string of the molecule is O=C(CCc1ccco1)N1CCN(Cc2cccnc2)CC1. The Kier molecular flexibility index (Phi) is 4.85. The standard InChI is InChI=1S/C17H21N3O2/c21-17(6-5-16-4-2-12-22-16)20-10-8-19(9-11-20)14-15-3-1-7-18-13-15/h1-4,7,12-13H,5-6,8-11,14H2. The Hall–Kier alpha value is -2.14. The number of pyridine rings is 1. The van der Waals surface area contributed by atoms with Crippen LogP contribution >= 0.6 is 0 Å². The Labute approximate surface area is 130 Å². The smallest absolute Gasteiger partial charge is 0.223 e. The number of nitrogens with zero attached hydrogens (tertiary/aromatic N) is 3. The van der Waals surface area contributed by atoms with Gasteiger partial charge in [-0.05, 0) is 23.8 Å². The molecule has 0 bridgehead atoms. The van der Waals surface area contributed by atoms with Gasteiger partial charge < -0.3 is 9.32 Å². The fraction of sp³-hybridized carbons (Fsp3) is 0.412. The Morgan fingerprint density at radius 1 is 1.18 bits per heavy atom. The number of amides is 1. The molecule has 2 aromatic heterocycles. The molecule has 116 valence electrons. The fourth-order valence-corrected chi connectivity index (χ4v) is 2.75. The van der Waals surface area contributed by atoms with Gasteiger partial charge >= 0.3 is 0 Å². The van der Waals surface area contributed by atoms with Crippen LogP contribution in [-0.2, 0) is 17.8 Å². The molecule has 0 atom stereocenters. The zero-order valence-electron chi connectivity index (χ0n) is 12.6. The molecule has 0 saturated carbocycles. The summed E-state index contributed by atoms with van der Waals surface area (Å²) in [6.45, 7) is 4.35. The van der Waals surface area contributed by atoms with Crippen LogP contribution in [0.5, 0.6) is 0 Å². The molecule has 1 fully saturated rings. The van der Waals surface area contributed by atoms with Crippen molar-refractivity contribution in [3.63, 3.8) is 0 Å². The van der Waals surface area contributed by atoms with Crippen molar-refractivity contribution >= 4 is 5.91 Å². The van der Waals surface area contributed by atoms with E-state index < -0.39 is 0 Å². The molecule has 0 aliphatic carbocycles. The first-order valence-corrected chi connectivity index (χ1v) is 7.73. The maximum atomic E-state index is 12.2. The summed E-state index contributed by atoms with van der Waals surface area (Å²) in [6.07, 6.45) is 6.55. The highest BCUT2D eigenvalue weighted by Crippen LogP contribution is 2.10. The molecule has 1 saturated heterocycles. The van der Waals surface area contributed by atoms with Crippen LogP contribution in [0.4, 0.5) is 0 Å². The number of hydrogen-bond donors (Lipinski definition) is 0. The van der Waals surface area contributed by atoms with Gasteiger partial charge in [0.2, 0.25) is 5.91 Å². The van der Waals surface area contributed by atoms with Crippen molar-refractivity contribution in [2.75, 3.05) is 26.2 Å². The van der Waals surface area contributed by atoms with Crippen LogP contribution in [0.3, 0.4) is 0 Å². The molecule has 1 aliphatic heterocycles. The van der Waals surface area contributed by atoms with Gasteiger partial charge in [0.05, 0.1) is 6.26 Å². The molecule has 5 heteroatoms. The van der Waals surface area contributed by atoms with Crippen LogP contribution in [-0.4, -0.2) is 46.9 Å². The van der Waals surface area contributed by atoms with Gasteiger partial charge in [-0.25, -0.2) is 0 Å². The second-order valence-corrected chi connectivity index (χ2v) is 5.60. The summed E-state index contributed by atoms with van der Waals surface area (Å²) >= 11 is 0. The summed E-state index contributed by atoms with van der Waals surface area (Å²) in [6, 6.07) is 7.83. The first-order chi connectivity index (χ1) is 10.8. The van der Waals surface area contributed by atoms with E-state index in [1.807, 2.05) is 29.3 Å². The van der Waals surface area contributed by atoms with Crippen LogP contribution in [0.15, 0.2) is 47.3 Å². The van der Waals surface area contributed by atoms with Gasteiger partial charge in [-0.2, -0.15) is 0 Å². The van der Waals surface area contributed by atoms with Crippen molar-refractivity contribution in [3.8, 4) is 0 Å². The summed E-state index contributed by atoms with van der Waals surface area (Å²) in [5.41, 5.74) is 1.22. The van der Waals surface area contributed by atoms with Gasteiger partial charge in [0.25, 0.3) is 0 Å². The van der Waals surface area contributed by atoms with Crippen molar-refractivity contribution in [3.05, 3.63) is 54.2 Å². The van der Waals surface area contributed by atoms with E-state index in [9.17, 15) is 4.79 Å². The molecule has 3 rings (SSSR count). The van der Waals surface area contributed by atoms with Crippen LogP contribution < -0.4 is 0 Å². The van der Waals surface area contributed by atoms with E-state index in [0.29, 0.717) is 12.8 Å². The van der Waals surface area contributed by atoms with Crippen LogP contribution in [0, 0.1) is 0 Å². The molecule has 2 aromatic rings. The lowest BCUT2D eigenvalue weighted by Crippen LogP contribution is -2.48. The molecule has 1 amide bonds. The zero-order chi connectivity index (χ0) is 15.2. The minimum absolute atomic E-state index is 0.220. The lowest BCUT2D eigenvalue weighted by atomic mass is 10.2. The van der Waals surface area contributed by atoms with Crippen LogP contribution in [0.1, 0.15) is 17.7 Å². The minimum Gasteiger partial charge on any atom is -0.469 e. The molecule has 3 heterocycles. The molecular formula is C17H21N3O2. The summed E-state index contributed by atoms with van der Waals surface area (Å²) in [5, 5.41) is 0. The van der Waals surface area contributed by atoms with Crippen LogP contribution in [0.2, 0.25) is 0 Å². The Morgan fingerprint density at radius 3 is 2.73 bits per heavy atom. The highest BCUT2D eigenvalue weighted by molar-refractivity contribution is 5.76. The van der Waals surface area contributed by atoms with Gasteiger partial charge in [0.1, 0.15) is 5.76 Å². The average Bonchev–Trinajstić information content (AvgIpc) is 3.08. The van der Waals surface area contributed by atoms with Gasteiger partial charge in [0, 0.05) is 58.0 Å². The van der Waals surface area contributed by atoms with Crippen molar-refractivity contribution in [2.24, 2.45) is 0 Å². The maximum Gasteiger partial charge on any atom is 0.223 e. The van der Waals surface area contributed by atoms with E-state index in [0.717, 1.165) is 38.5 Å². The summed E-state index contributed by atoms with van der Waals surface area (Å²) < 4.78 is 5.27. The Bertz CT molecular complexity index is 575. The van der Waals surface area contributed by atoms with Crippen molar-refractivity contribution < 1.29 is 9.21 Å². The number of aryl methyl sites for hydroxylation is 1. The lowest BCUT2D eigenvalue weighted by molar-refractivity contribution is -0.133. The number of hydrogen-bond acceptors (Lipinski definition) is 4. The summed E-state index contributed by atoms with van der Waals surface area (Å²) in [7, 11) is 0. The molecule has 0 spiro atoms. The van der Waals surface area contributed by atoms with E-state index in [-0.39, 0.29) is 5.91 Å². The molecular weight excluding hydrogens is 278 g/mol. The molecule has 22 heavy (non-hydrogen) atoms. The highest BCUT2D eigenvalue weighted by Gasteiger charge is 2.21. The van der Waals surface area contributed by atoms with E-state index >= 15 is 0 Å². The molecule has 1 aliphatic rings. The number of piperazine rings is 1. The second kappa shape index (κ2) is 7.22. The summed E-state index contributed by atoms with van der Waals surface area (Å²) in [4.78, 5) is 20.7. The third-order valence-corrected chi connectivity index (χ3v) is 4.02. The van der Waals surface area contributed by atoms with E-state index in [1.54, 1.807) is 12.5 Å². The maximum absolute atomic E-state index is 12.2. The minimum atomic E-state index is 0.220. The number of furan rings is 1. The quantitative estimate of drug-likeness (QED) is 0.847. The third-order valence-electron chi connectivity index (χ3n) is 4.02. The highest BCUT2D eigenvalue weighted by atomic mass is 16.3. The number of aromatic nitrogens is 1. The largest absolute Gasteiger partial charge is 0.469 e. The Morgan fingerprint density at radius 2 is 2.05 bits per heavy atom. The van der Waals surface area contributed by atoms with Gasteiger partial charge in [-0.15, -0.1) is 0 Å². The fourth-order valence-electron chi connectivity index (χ4n) is 2.75. The first-order valence-electron chi connectivity index (χ1n) is 7.73. The number of rotatable bonds is 5. The predicted molar refractivity (Wildman–Crippen MR) is 83.1 cm³/mol. The number of carbonyl (C=O) groups is 1. The average molecular weight is 299 g/mol. The van der Waals surface area contributed by atoms with Crippen molar-refractivity contribution in [2.45, 2.75) is 19.4 Å². The van der Waals surface area contributed by atoms with Crippen molar-refractivity contribution in [1.29, 1.82) is 0 Å². The molecule has 5 nitrogen and oxygen atoms in total. The molecule has 0 N–H and O–H groups in total. The predicted octanol–water partition coefficient (Wildman–Crippen LogP) is 1.95. The first kappa shape index (κ1) is 14.8. The normalized spacial score (nSPS) is 15.9. The number of carbonyl (C=O) groups excluding carboxylic acids is 1. The van der Waals surface area contributed by atoms with Gasteiger partial charge in [-0.3, -0.25) is 14.7 Å². The van der Waals surface area contributed by atoms with Crippen LogP contribution in [0.25, 0.3) is 0 Å². The van der Waals surface area contributed by atoms with E-state index in [2.05, 4.69) is 16.0 Å². The third kappa shape index (κ3) is 3.95. The van der Waals surface area contributed by atoms with E-state index in [4.69, 9.17) is 4.42 Å². The topological polar surface area (TPSA) is 49.6 Å². The van der Waals surface area contributed by atoms with Gasteiger partial charge in [-0.1, -0.05) is 6.07 Å². The zero-order valence-corrected chi connectivity index (χ0v) is 12.6. The molecule has 0 unspecified atom stereocenters. The van der Waals surface area contributed by atoms with Gasteiger partial charge in [0.15, 0.2) is 0 Å². The lowest BCUT2D eigenvalue weighted by Gasteiger charge is -2.34. The van der Waals surface area contributed by atoms with Crippen molar-refractivity contribution in [1.82, 2.24) is 14.8 Å². The van der Waals surface area contributed by atoms with E-state index in [1.165, 1.54) is 5.56 Å². The Balaban J connectivity index is 1.42. The monoisotopic (exact) mass is 299 g/mol. The summed E-state index contributed by atoms with van der Waals surface area (Å²) in [5.74, 6) is 1.10. The molecule has 0 aromatic carbocycles.